The number of carbonyl (C=O) groups excluding carboxylic acids is 3. The molecule has 25 heavy (non-hydrogen) atoms. The van der Waals surface area contributed by atoms with Crippen LogP contribution in [0, 0.1) is 13.8 Å². The number of halogens is 2. The number of amides is 3. The second kappa shape index (κ2) is 9.25. The number of hydrogen-bond acceptors (Lipinski definition) is 7. The lowest BCUT2D eigenvalue weighted by Gasteiger charge is -2.13. The maximum Gasteiger partial charge on any atom is 0.318 e. The number of nitrogens with one attached hydrogen (secondary N) is 1. The predicted octanol–water partition coefficient (Wildman–Crippen LogP) is 1.47. The van der Waals surface area contributed by atoms with Gasteiger partial charge < -0.3 is 10.5 Å². The van der Waals surface area contributed by atoms with Gasteiger partial charge in [0.25, 0.3) is 11.7 Å². The molecule has 1 heterocycles. The number of nitrogens with two attached hydrogens (primary N) is 1. The zero-order valence-electron chi connectivity index (χ0n) is 13.8. The average Bonchev–Trinajstić information content (AvgIpc) is 2.44. The fourth-order valence-electron chi connectivity index (χ4n) is 1.96. The molecule has 138 valence electrons. The van der Waals surface area contributed by atoms with Crippen molar-refractivity contribution in [3.63, 3.8) is 0 Å². The van der Waals surface area contributed by atoms with E-state index in [0.717, 1.165) is 0 Å². The highest BCUT2D eigenvalue weighted by Crippen LogP contribution is 2.24. The van der Waals surface area contributed by atoms with E-state index in [1.54, 1.807) is 19.2 Å². The number of hydrogen-bond donors (Lipinski definition) is 2. The maximum absolute atomic E-state index is 12.4. The van der Waals surface area contributed by atoms with Gasteiger partial charge in [0.1, 0.15) is 0 Å². The van der Waals surface area contributed by atoms with E-state index in [1.165, 1.54) is 6.92 Å². The van der Waals surface area contributed by atoms with Gasteiger partial charge in [0.2, 0.25) is 0 Å². The van der Waals surface area contributed by atoms with Crippen molar-refractivity contribution in [1.82, 2.24) is 15.3 Å². The molecule has 0 saturated heterocycles. The van der Waals surface area contributed by atoms with Crippen molar-refractivity contribution in [1.29, 1.82) is 0 Å². The molecule has 0 aliphatic carbocycles. The number of thioether (sulfide) groups is 1. The Morgan fingerprint density at radius 2 is 1.80 bits per heavy atom. The van der Waals surface area contributed by atoms with Gasteiger partial charge >= 0.3 is 12.0 Å². The number of urea groups is 1. The SMILES string of the molecule is Cc1nc(SC(F)F)nc(C)c1CCC(=O)O[C@@H](C)C(=O)NC(N)=O. The lowest BCUT2D eigenvalue weighted by atomic mass is 10.1. The number of aryl methyl sites for hydroxylation is 2. The highest BCUT2D eigenvalue weighted by molar-refractivity contribution is 7.99. The number of esters is 1. The van der Waals surface area contributed by atoms with Gasteiger partial charge in [0.05, 0.1) is 0 Å². The third kappa shape index (κ3) is 6.99. The first-order chi connectivity index (χ1) is 11.6. The summed E-state index contributed by atoms with van der Waals surface area (Å²) in [6.07, 6.45) is -1.02. The van der Waals surface area contributed by atoms with Gasteiger partial charge in [-0.15, -0.1) is 0 Å². The summed E-state index contributed by atoms with van der Waals surface area (Å²) in [5.41, 5.74) is 6.42. The van der Waals surface area contributed by atoms with Crippen molar-refractivity contribution in [3.05, 3.63) is 17.0 Å². The van der Waals surface area contributed by atoms with Crippen molar-refractivity contribution in [3.8, 4) is 0 Å². The zero-order chi connectivity index (χ0) is 19.1. The normalized spacial score (nSPS) is 11.9. The fourth-order valence-corrected chi connectivity index (χ4v) is 2.50. The second-order valence-electron chi connectivity index (χ2n) is 5.02. The summed E-state index contributed by atoms with van der Waals surface area (Å²) in [6.45, 7) is 4.56. The molecule has 3 N–H and O–H groups in total. The van der Waals surface area contributed by atoms with Crippen molar-refractivity contribution >= 4 is 29.7 Å². The van der Waals surface area contributed by atoms with Gasteiger partial charge in [-0.1, -0.05) is 0 Å². The molecule has 1 aromatic heterocycles. The van der Waals surface area contributed by atoms with Crippen LogP contribution in [0.25, 0.3) is 0 Å². The van der Waals surface area contributed by atoms with Crippen LogP contribution in [0.5, 0.6) is 0 Å². The van der Waals surface area contributed by atoms with Gasteiger partial charge in [-0.05, 0) is 44.5 Å². The fraction of sp³-hybridized carbons (Fsp3) is 0.500. The van der Waals surface area contributed by atoms with E-state index < -0.39 is 29.8 Å². The first kappa shape index (κ1) is 20.7. The van der Waals surface area contributed by atoms with Gasteiger partial charge in [0, 0.05) is 17.8 Å². The van der Waals surface area contributed by atoms with Crippen LogP contribution in [-0.2, 0) is 20.7 Å². The van der Waals surface area contributed by atoms with E-state index in [2.05, 4.69) is 9.97 Å². The van der Waals surface area contributed by atoms with Crippen molar-refractivity contribution in [2.45, 2.75) is 50.6 Å². The summed E-state index contributed by atoms with van der Waals surface area (Å²) in [6, 6.07) is -1.04. The first-order valence-electron chi connectivity index (χ1n) is 7.18. The number of alkyl halides is 2. The van der Waals surface area contributed by atoms with Gasteiger partial charge in [-0.3, -0.25) is 14.9 Å². The summed E-state index contributed by atoms with van der Waals surface area (Å²) in [7, 11) is 0. The van der Waals surface area contributed by atoms with E-state index in [4.69, 9.17) is 10.5 Å². The zero-order valence-corrected chi connectivity index (χ0v) is 14.7. The maximum atomic E-state index is 12.4. The van der Waals surface area contributed by atoms with Gasteiger partial charge in [-0.25, -0.2) is 14.8 Å². The molecule has 0 saturated carbocycles. The molecule has 0 fully saturated rings. The van der Waals surface area contributed by atoms with Crippen LogP contribution in [0.15, 0.2) is 5.16 Å². The average molecular weight is 376 g/mol. The summed E-state index contributed by atoms with van der Waals surface area (Å²) < 4.78 is 29.6. The van der Waals surface area contributed by atoms with E-state index in [9.17, 15) is 23.2 Å². The van der Waals surface area contributed by atoms with Crippen LogP contribution >= 0.6 is 11.8 Å². The third-order valence-electron chi connectivity index (χ3n) is 3.10. The molecule has 1 aromatic rings. The first-order valence-corrected chi connectivity index (χ1v) is 8.06. The van der Waals surface area contributed by atoms with E-state index in [1.807, 2.05) is 0 Å². The molecule has 0 bridgehead atoms. The van der Waals surface area contributed by atoms with Crippen LogP contribution in [0.4, 0.5) is 13.6 Å². The van der Waals surface area contributed by atoms with Crippen molar-refractivity contribution in [2.75, 3.05) is 0 Å². The van der Waals surface area contributed by atoms with Crippen molar-refractivity contribution < 1.29 is 27.9 Å². The van der Waals surface area contributed by atoms with Crippen LogP contribution in [0.1, 0.15) is 30.3 Å². The standard InChI is InChI=1S/C14H18F2N4O4S/c1-6-9(7(2)19-14(18-6)25-12(15)16)4-5-10(21)24-8(3)11(22)20-13(17)23/h8,12H,4-5H2,1-3H3,(H3,17,20,22,23)/t8-/m0/s1. The number of ether oxygens (including phenoxy) is 1. The number of nitrogens with zero attached hydrogens (tertiary/aromatic N) is 2. The van der Waals surface area contributed by atoms with Crippen LogP contribution in [0.2, 0.25) is 0 Å². The molecule has 1 rings (SSSR count). The van der Waals surface area contributed by atoms with Gasteiger partial charge in [0.15, 0.2) is 11.3 Å². The molecule has 0 spiro atoms. The summed E-state index contributed by atoms with van der Waals surface area (Å²) in [5, 5.41) is 1.77. The third-order valence-corrected chi connectivity index (χ3v) is 3.67. The van der Waals surface area contributed by atoms with Crippen LogP contribution in [-0.4, -0.2) is 39.7 Å². The predicted molar refractivity (Wildman–Crippen MR) is 85.0 cm³/mol. The topological polar surface area (TPSA) is 124 Å². The molecule has 11 heteroatoms. The van der Waals surface area contributed by atoms with Crippen molar-refractivity contribution in [2.24, 2.45) is 5.73 Å². The number of primary amides is 1. The van der Waals surface area contributed by atoms with E-state index in [-0.39, 0.29) is 29.8 Å². The number of rotatable bonds is 7. The molecular formula is C14H18F2N4O4S. The molecule has 1 atom stereocenters. The lowest BCUT2D eigenvalue weighted by molar-refractivity contribution is -0.154. The quantitative estimate of drug-likeness (QED) is 0.419. The Morgan fingerprint density at radius 3 is 2.28 bits per heavy atom. The molecule has 0 aliphatic heterocycles. The minimum atomic E-state index is -2.62. The molecule has 3 amide bonds. The monoisotopic (exact) mass is 376 g/mol. The Bertz CT molecular complexity index is 649. The Morgan fingerprint density at radius 1 is 1.24 bits per heavy atom. The minimum Gasteiger partial charge on any atom is -0.453 e. The lowest BCUT2D eigenvalue weighted by Crippen LogP contribution is -2.42. The Labute approximate surface area is 146 Å². The highest BCUT2D eigenvalue weighted by Gasteiger charge is 2.20. The molecule has 0 aromatic carbocycles. The molecule has 0 unspecified atom stereocenters. The van der Waals surface area contributed by atoms with Gasteiger partial charge in [-0.2, -0.15) is 8.78 Å². The van der Waals surface area contributed by atoms with Crippen LogP contribution < -0.4 is 11.1 Å². The largest absolute Gasteiger partial charge is 0.453 e. The smallest absolute Gasteiger partial charge is 0.318 e. The summed E-state index contributed by atoms with van der Waals surface area (Å²) >= 11 is 0.247. The second-order valence-corrected chi connectivity index (χ2v) is 5.98. The van der Waals surface area contributed by atoms with E-state index in [0.29, 0.717) is 17.0 Å². The summed E-state index contributed by atoms with van der Waals surface area (Å²) in [4.78, 5) is 41.7. The molecule has 0 aliphatic rings. The molecular weight excluding hydrogens is 358 g/mol. The Balaban J connectivity index is 2.64. The number of carbonyl (C=O) groups is 3. The molecule has 0 radical (unpaired) electrons. The number of aromatic nitrogens is 2. The Kier molecular flexibility index (Phi) is 7.68. The van der Waals surface area contributed by atoms with E-state index >= 15 is 0 Å². The Hall–Kier alpha value is -2.30. The molecule has 8 nitrogen and oxygen atoms in total. The summed E-state index contributed by atoms with van der Waals surface area (Å²) in [5.74, 6) is -4.12. The highest BCUT2D eigenvalue weighted by atomic mass is 32.2. The number of imide groups is 1. The van der Waals surface area contributed by atoms with Crippen LogP contribution in [0.3, 0.4) is 0 Å². The minimum absolute atomic E-state index is 0.0342.